The van der Waals surface area contributed by atoms with Gasteiger partial charge in [0.2, 0.25) is 15.9 Å². The molecule has 0 radical (unpaired) electrons. The number of sulfonamides is 1. The molecule has 1 aliphatic carbocycles. The Labute approximate surface area is 113 Å². The van der Waals surface area contributed by atoms with E-state index in [1.807, 2.05) is 0 Å². The summed E-state index contributed by atoms with van der Waals surface area (Å²) in [5.41, 5.74) is 0. The molecule has 1 rings (SSSR count). The molecule has 1 unspecified atom stereocenters. The zero-order valence-corrected chi connectivity index (χ0v) is 11.9. The molecule has 0 bridgehead atoms. The van der Waals surface area contributed by atoms with Crippen molar-refractivity contribution < 1.29 is 23.1 Å². The number of carboxylic acids is 1. The van der Waals surface area contributed by atoms with Gasteiger partial charge in [0.25, 0.3) is 0 Å². The lowest BCUT2D eigenvalue weighted by atomic mass is 10.3. The van der Waals surface area contributed by atoms with Crippen LogP contribution in [0.4, 0.5) is 0 Å². The van der Waals surface area contributed by atoms with Gasteiger partial charge in [-0.05, 0) is 25.7 Å². The molecule has 7 nitrogen and oxygen atoms in total. The second-order valence-electron chi connectivity index (χ2n) is 4.83. The summed E-state index contributed by atoms with van der Waals surface area (Å²) in [7, 11) is -3.60. The molecule has 8 heteroatoms. The number of nitrogens with one attached hydrogen (secondary N) is 1. The van der Waals surface area contributed by atoms with Crippen molar-refractivity contribution >= 4 is 21.9 Å². The van der Waals surface area contributed by atoms with E-state index in [2.05, 4.69) is 5.32 Å². The minimum atomic E-state index is -3.60. The SMILES string of the molecule is CC(=O)NCCN(C(C)C(=O)O)S(=O)(=O)CC1CC1. The van der Waals surface area contributed by atoms with Gasteiger partial charge in [0.15, 0.2) is 0 Å². The number of carbonyl (C=O) groups is 2. The van der Waals surface area contributed by atoms with Crippen LogP contribution in [-0.4, -0.2) is 54.6 Å². The van der Waals surface area contributed by atoms with Gasteiger partial charge in [-0.1, -0.05) is 0 Å². The average Bonchev–Trinajstić information content (AvgIpc) is 3.05. The first-order valence-corrected chi connectivity index (χ1v) is 7.81. The van der Waals surface area contributed by atoms with Gasteiger partial charge in [-0.3, -0.25) is 9.59 Å². The van der Waals surface area contributed by atoms with E-state index < -0.39 is 22.0 Å². The van der Waals surface area contributed by atoms with Gasteiger partial charge in [-0.2, -0.15) is 4.31 Å². The molecule has 0 aromatic carbocycles. The second kappa shape index (κ2) is 6.33. The van der Waals surface area contributed by atoms with E-state index in [9.17, 15) is 18.0 Å². The molecule has 0 aliphatic heterocycles. The van der Waals surface area contributed by atoms with E-state index in [4.69, 9.17) is 5.11 Å². The van der Waals surface area contributed by atoms with E-state index in [0.717, 1.165) is 17.1 Å². The molecule has 1 atom stereocenters. The third kappa shape index (κ3) is 5.15. The number of hydrogen-bond acceptors (Lipinski definition) is 4. The zero-order valence-electron chi connectivity index (χ0n) is 11.1. The number of carboxylic acid groups (broad SMARTS) is 1. The fourth-order valence-corrected chi connectivity index (χ4v) is 3.78. The van der Waals surface area contributed by atoms with Crippen molar-refractivity contribution in [3.8, 4) is 0 Å². The molecule has 1 fully saturated rings. The first-order valence-electron chi connectivity index (χ1n) is 6.21. The van der Waals surface area contributed by atoms with Gasteiger partial charge in [-0.15, -0.1) is 0 Å². The van der Waals surface area contributed by atoms with Crippen molar-refractivity contribution in [1.82, 2.24) is 9.62 Å². The predicted octanol–water partition coefficient (Wildman–Crippen LogP) is -0.363. The van der Waals surface area contributed by atoms with Crippen LogP contribution < -0.4 is 5.32 Å². The zero-order chi connectivity index (χ0) is 14.6. The van der Waals surface area contributed by atoms with Gasteiger partial charge >= 0.3 is 5.97 Å². The molecule has 2 N–H and O–H groups in total. The van der Waals surface area contributed by atoms with Gasteiger partial charge in [0.1, 0.15) is 6.04 Å². The van der Waals surface area contributed by atoms with E-state index in [0.29, 0.717) is 0 Å². The predicted molar refractivity (Wildman–Crippen MR) is 69.0 cm³/mol. The number of rotatable bonds is 8. The van der Waals surface area contributed by atoms with Crippen molar-refractivity contribution in [2.75, 3.05) is 18.8 Å². The van der Waals surface area contributed by atoms with E-state index in [-0.39, 0.29) is 30.7 Å². The Balaban J connectivity index is 2.72. The summed E-state index contributed by atoms with van der Waals surface area (Å²) < 4.78 is 25.3. The molecular formula is C11H20N2O5S. The fourth-order valence-electron chi connectivity index (χ4n) is 1.72. The Morgan fingerprint density at radius 3 is 2.42 bits per heavy atom. The first-order chi connectivity index (χ1) is 8.74. The standard InChI is InChI=1S/C11H20N2O5S/c1-8(11(15)16)13(6-5-12-9(2)14)19(17,18)7-10-3-4-10/h8,10H,3-7H2,1-2H3,(H,12,14)(H,15,16). The lowest BCUT2D eigenvalue weighted by molar-refractivity contribution is -0.140. The summed E-state index contributed by atoms with van der Waals surface area (Å²) in [5, 5.41) is 11.5. The molecule has 0 saturated heterocycles. The molecule has 110 valence electrons. The van der Waals surface area contributed by atoms with Gasteiger partial charge in [0, 0.05) is 20.0 Å². The highest BCUT2D eigenvalue weighted by Gasteiger charge is 2.36. The topological polar surface area (TPSA) is 104 Å². The van der Waals surface area contributed by atoms with Crippen molar-refractivity contribution in [1.29, 1.82) is 0 Å². The molecule has 19 heavy (non-hydrogen) atoms. The van der Waals surface area contributed by atoms with E-state index >= 15 is 0 Å². The Hall–Kier alpha value is -1.15. The molecule has 0 heterocycles. The molecule has 0 spiro atoms. The third-order valence-corrected chi connectivity index (χ3v) is 5.10. The minimum absolute atomic E-state index is 0.00923. The van der Waals surface area contributed by atoms with Gasteiger partial charge in [-0.25, -0.2) is 8.42 Å². The van der Waals surface area contributed by atoms with Crippen LogP contribution in [0.5, 0.6) is 0 Å². The largest absolute Gasteiger partial charge is 0.480 e. The molecule has 1 aliphatic rings. The molecular weight excluding hydrogens is 272 g/mol. The average molecular weight is 292 g/mol. The van der Waals surface area contributed by atoms with Crippen molar-refractivity contribution in [2.45, 2.75) is 32.7 Å². The van der Waals surface area contributed by atoms with Crippen molar-refractivity contribution in [3.05, 3.63) is 0 Å². The molecule has 0 aromatic rings. The van der Waals surface area contributed by atoms with Gasteiger partial charge < -0.3 is 10.4 Å². The van der Waals surface area contributed by atoms with Gasteiger partial charge in [0.05, 0.1) is 5.75 Å². The van der Waals surface area contributed by atoms with Crippen LogP contribution in [0.15, 0.2) is 0 Å². The molecule has 1 amide bonds. The normalized spacial score (nSPS) is 17.2. The quantitative estimate of drug-likeness (QED) is 0.635. The molecule has 0 aromatic heterocycles. The lowest BCUT2D eigenvalue weighted by Gasteiger charge is -2.25. The maximum absolute atomic E-state index is 12.2. The Morgan fingerprint density at radius 2 is 2.00 bits per heavy atom. The lowest BCUT2D eigenvalue weighted by Crippen LogP contribution is -2.47. The number of carbonyl (C=O) groups excluding carboxylic acids is 1. The van der Waals surface area contributed by atoms with E-state index in [1.165, 1.54) is 13.8 Å². The number of nitrogens with zero attached hydrogens (tertiary/aromatic N) is 1. The molecule has 1 saturated carbocycles. The highest BCUT2D eigenvalue weighted by Crippen LogP contribution is 2.31. The van der Waals surface area contributed by atoms with Crippen LogP contribution in [0.25, 0.3) is 0 Å². The summed E-state index contributed by atoms with van der Waals surface area (Å²) >= 11 is 0. The monoisotopic (exact) mass is 292 g/mol. The second-order valence-corrected chi connectivity index (χ2v) is 6.80. The van der Waals surface area contributed by atoms with Crippen molar-refractivity contribution in [2.24, 2.45) is 5.92 Å². The summed E-state index contributed by atoms with van der Waals surface area (Å²) in [4.78, 5) is 21.8. The van der Waals surface area contributed by atoms with Crippen molar-refractivity contribution in [3.63, 3.8) is 0 Å². The maximum atomic E-state index is 12.2. The maximum Gasteiger partial charge on any atom is 0.321 e. The Kier molecular flexibility index (Phi) is 5.30. The number of hydrogen-bond donors (Lipinski definition) is 2. The smallest absolute Gasteiger partial charge is 0.321 e. The highest BCUT2D eigenvalue weighted by molar-refractivity contribution is 7.89. The van der Waals surface area contributed by atoms with Crippen LogP contribution in [-0.2, 0) is 19.6 Å². The van der Waals surface area contributed by atoms with Crippen LogP contribution in [0.2, 0.25) is 0 Å². The van der Waals surface area contributed by atoms with E-state index in [1.54, 1.807) is 0 Å². The first kappa shape index (κ1) is 15.9. The van der Waals surface area contributed by atoms with Crippen LogP contribution in [0.1, 0.15) is 26.7 Å². The Bertz CT molecular complexity index is 444. The Morgan fingerprint density at radius 1 is 1.42 bits per heavy atom. The minimum Gasteiger partial charge on any atom is -0.480 e. The highest BCUT2D eigenvalue weighted by atomic mass is 32.2. The summed E-state index contributed by atoms with van der Waals surface area (Å²) in [5.74, 6) is -1.33. The summed E-state index contributed by atoms with van der Waals surface area (Å²) in [6.07, 6.45) is 1.75. The summed E-state index contributed by atoms with van der Waals surface area (Å²) in [6.45, 7) is 2.74. The van der Waals surface area contributed by atoms with Crippen LogP contribution in [0.3, 0.4) is 0 Å². The van der Waals surface area contributed by atoms with Crippen LogP contribution >= 0.6 is 0 Å². The fraction of sp³-hybridized carbons (Fsp3) is 0.818. The number of aliphatic carboxylic acids is 1. The van der Waals surface area contributed by atoms with Crippen LogP contribution in [0, 0.1) is 5.92 Å². The summed E-state index contributed by atoms with van der Waals surface area (Å²) in [6, 6.07) is -1.13. The number of amides is 1. The third-order valence-electron chi connectivity index (χ3n) is 3.00.